The predicted octanol–water partition coefficient (Wildman–Crippen LogP) is 6.01. The lowest BCUT2D eigenvalue weighted by Gasteiger charge is -2.12. The number of ether oxygens (including phenoxy) is 2. The van der Waals surface area contributed by atoms with Gasteiger partial charge >= 0.3 is 5.97 Å². The first-order valence-electron chi connectivity index (χ1n) is 12.9. The molecule has 1 N–H and O–H groups in total. The molecular formula is C28H34N4O4S2. The molecule has 0 aliphatic heterocycles. The summed E-state index contributed by atoms with van der Waals surface area (Å²) in [6, 6.07) is 8.03. The van der Waals surface area contributed by atoms with Gasteiger partial charge in [-0.25, -0.2) is 4.79 Å². The van der Waals surface area contributed by atoms with Gasteiger partial charge in [-0.15, -0.1) is 28.1 Å². The van der Waals surface area contributed by atoms with E-state index in [2.05, 4.69) is 48.1 Å². The van der Waals surface area contributed by atoms with Gasteiger partial charge in [-0.05, 0) is 61.8 Å². The van der Waals surface area contributed by atoms with E-state index in [9.17, 15) is 9.59 Å². The summed E-state index contributed by atoms with van der Waals surface area (Å²) in [4.78, 5) is 26.8. The molecule has 0 radical (unpaired) electrons. The molecule has 10 heteroatoms. The number of rotatable bonds is 12. The van der Waals surface area contributed by atoms with Crippen molar-refractivity contribution < 1.29 is 19.1 Å². The fourth-order valence-corrected chi connectivity index (χ4v) is 6.37. The van der Waals surface area contributed by atoms with Crippen LogP contribution >= 0.6 is 23.1 Å². The molecule has 0 saturated carbocycles. The summed E-state index contributed by atoms with van der Waals surface area (Å²) < 4.78 is 13.1. The number of aryl methyl sites for hydroxylation is 1. The van der Waals surface area contributed by atoms with Gasteiger partial charge in [-0.3, -0.25) is 9.36 Å². The highest BCUT2D eigenvalue weighted by atomic mass is 32.2. The number of nitrogens with one attached hydrogen (secondary N) is 1. The summed E-state index contributed by atoms with van der Waals surface area (Å²) in [6.45, 7) is 11.0. The van der Waals surface area contributed by atoms with Crippen LogP contribution in [-0.2, 0) is 35.5 Å². The molecule has 2 aromatic heterocycles. The monoisotopic (exact) mass is 554 g/mol. The number of nitrogens with zero attached hydrogens (tertiary/aromatic N) is 3. The van der Waals surface area contributed by atoms with Gasteiger partial charge in [0.25, 0.3) is 0 Å². The second kappa shape index (κ2) is 13.1. The van der Waals surface area contributed by atoms with Gasteiger partial charge in [-0.1, -0.05) is 43.8 Å². The van der Waals surface area contributed by atoms with Crippen LogP contribution in [0.3, 0.4) is 0 Å². The summed E-state index contributed by atoms with van der Waals surface area (Å²) in [7, 11) is 0. The number of amides is 1. The molecule has 202 valence electrons. The highest BCUT2D eigenvalue weighted by Crippen LogP contribution is 2.38. The molecule has 38 heavy (non-hydrogen) atoms. The lowest BCUT2D eigenvalue weighted by molar-refractivity contribution is -0.113. The highest BCUT2D eigenvalue weighted by Gasteiger charge is 2.27. The number of allylic oxidation sites excluding steroid dienone is 1. The molecule has 0 atom stereocenters. The van der Waals surface area contributed by atoms with Crippen molar-refractivity contribution in [3.8, 4) is 5.75 Å². The van der Waals surface area contributed by atoms with Crippen molar-refractivity contribution in [3.63, 3.8) is 0 Å². The van der Waals surface area contributed by atoms with Gasteiger partial charge in [0.05, 0.1) is 17.9 Å². The van der Waals surface area contributed by atoms with Crippen molar-refractivity contribution in [1.82, 2.24) is 14.8 Å². The molecule has 1 amide bonds. The quantitative estimate of drug-likeness (QED) is 0.166. The van der Waals surface area contributed by atoms with E-state index in [1.54, 1.807) is 13.0 Å². The zero-order valence-electron chi connectivity index (χ0n) is 22.1. The molecule has 0 spiro atoms. The molecule has 1 aromatic carbocycles. The third kappa shape index (κ3) is 6.66. The minimum Gasteiger partial charge on any atom is -0.486 e. The first-order chi connectivity index (χ1) is 18.4. The molecule has 0 fully saturated rings. The summed E-state index contributed by atoms with van der Waals surface area (Å²) in [5.74, 6) is 1.40. The van der Waals surface area contributed by atoms with Crippen LogP contribution in [0.15, 0.2) is 42.1 Å². The van der Waals surface area contributed by atoms with Crippen LogP contribution in [0.2, 0.25) is 0 Å². The molecule has 4 rings (SSSR count). The number of fused-ring (bicyclic) bond motifs is 1. The maximum Gasteiger partial charge on any atom is 0.341 e. The van der Waals surface area contributed by atoms with Crippen LogP contribution in [0.5, 0.6) is 5.75 Å². The Kier molecular flexibility index (Phi) is 9.63. The highest BCUT2D eigenvalue weighted by molar-refractivity contribution is 7.99. The van der Waals surface area contributed by atoms with Gasteiger partial charge in [0, 0.05) is 11.4 Å². The Morgan fingerprint density at radius 1 is 1.21 bits per heavy atom. The average molecular weight is 555 g/mol. The van der Waals surface area contributed by atoms with Crippen molar-refractivity contribution in [3.05, 3.63) is 64.3 Å². The Bertz CT molecular complexity index is 1280. The fraction of sp³-hybridized carbons (Fsp3) is 0.429. The molecule has 2 heterocycles. The predicted molar refractivity (Wildman–Crippen MR) is 151 cm³/mol. The standard InChI is InChI=1S/C28H34N4O4S2/c1-5-15-32-23(16-36-20-13-11-19(12-14-20)18(3)4)30-31-28(32)37-17-24(33)29-26-25(27(34)35-6-2)21-9-7-8-10-22(21)38-26/h5,11-14,18H,1,6-10,15-17H2,2-4H3,(H,29,33). The van der Waals surface area contributed by atoms with E-state index in [0.29, 0.717) is 40.6 Å². The average Bonchev–Trinajstić information content (AvgIpc) is 3.47. The molecule has 0 unspecified atom stereocenters. The maximum absolute atomic E-state index is 12.9. The molecule has 0 saturated heterocycles. The molecule has 0 bridgehead atoms. The van der Waals surface area contributed by atoms with E-state index in [1.807, 2.05) is 16.7 Å². The lowest BCUT2D eigenvalue weighted by atomic mass is 9.95. The Balaban J connectivity index is 1.40. The first-order valence-corrected chi connectivity index (χ1v) is 14.7. The molecule has 3 aromatic rings. The van der Waals surface area contributed by atoms with E-state index in [4.69, 9.17) is 9.47 Å². The molecule has 1 aliphatic carbocycles. The minimum absolute atomic E-state index is 0.123. The van der Waals surface area contributed by atoms with Gasteiger partial charge in [0.1, 0.15) is 17.4 Å². The summed E-state index contributed by atoms with van der Waals surface area (Å²) in [6.07, 6.45) is 5.65. The van der Waals surface area contributed by atoms with E-state index in [0.717, 1.165) is 41.9 Å². The van der Waals surface area contributed by atoms with Crippen LogP contribution in [0.1, 0.15) is 71.7 Å². The van der Waals surface area contributed by atoms with Gasteiger partial charge < -0.3 is 14.8 Å². The first kappa shape index (κ1) is 27.9. The Morgan fingerprint density at radius 3 is 2.68 bits per heavy atom. The number of thioether (sulfide) groups is 1. The number of hydrogen-bond donors (Lipinski definition) is 1. The van der Waals surface area contributed by atoms with Crippen molar-refractivity contribution in [1.29, 1.82) is 0 Å². The second-order valence-corrected chi connectivity index (χ2v) is 11.3. The SMILES string of the molecule is C=CCn1c(COc2ccc(C(C)C)cc2)nnc1SCC(=O)Nc1sc2c(c1C(=O)OCC)CCCC2. The second-order valence-electron chi connectivity index (χ2n) is 9.28. The Hall–Kier alpha value is -3.11. The summed E-state index contributed by atoms with van der Waals surface area (Å²) in [5.41, 5.74) is 2.79. The topological polar surface area (TPSA) is 95.3 Å². The zero-order valence-corrected chi connectivity index (χ0v) is 23.8. The van der Waals surface area contributed by atoms with Gasteiger partial charge in [-0.2, -0.15) is 0 Å². The number of hydrogen-bond acceptors (Lipinski definition) is 8. The summed E-state index contributed by atoms with van der Waals surface area (Å²) in [5, 5.41) is 12.7. The van der Waals surface area contributed by atoms with Crippen LogP contribution < -0.4 is 10.1 Å². The Morgan fingerprint density at radius 2 is 1.97 bits per heavy atom. The van der Waals surface area contributed by atoms with Gasteiger partial charge in [0.2, 0.25) is 5.91 Å². The van der Waals surface area contributed by atoms with Crippen molar-refractivity contribution in [2.75, 3.05) is 17.7 Å². The number of carbonyl (C=O) groups excluding carboxylic acids is 2. The third-order valence-corrected chi connectivity index (χ3v) is 8.43. The molecular weight excluding hydrogens is 520 g/mol. The van der Waals surface area contributed by atoms with Gasteiger partial charge in [0.15, 0.2) is 11.0 Å². The molecule has 8 nitrogen and oxygen atoms in total. The molecule has 1 aliphatic rings. The third-order valence-electron chi connectivity index (χ3n) is 6.26. The maximum atomic E-state index is 12.9. The minimum atomic E-state index is -0.371. The van der Waals surface area contributed by atoms with E-state index < -0.39 is 0 Å². The van der Waals surface area contributed by atoms with Crippen molar-refractivity contribution in [2.45, 2.75) is 70.7 Å². The number of aromatic nitrogens is 3. The van der Waals surface area contributed by atoms with Crippen molar-refractivity contribution in [2.24, 2.45) is 0 Å². The fourth-order valence-electron chi connectivity index (χ4n) is 4.31. The van der Waals surface area contributed by atoms with E-state index in [-0.39, 0.29) is 24.2 Å². The van der Waals surface area contributed by atoms with Crippen molar-refractivity contribution >= 4 is 40.0 Å². The van der Waals surface area contributed by atoms with Crippen LogP contribution in [-0.4, -0.2) is 39.0 Å². The van der Waals surface area contributed by atoms with Crippen LogP contribution in [0.4, 0.5) is 5.00 Å². The normalized spacial score (nSPS) is 12.7. The Labute approximate surface area is 231 Å². The van der Waals surface area contributed by atoms with E-state index in [1.165, 1.54) is 28.7 Å². The number of anilines is 1. The largest absolute Gasteiger partial charge is 0.486 e. The number of carbonyl (C=O) groups is 2. The number of thiophene rings is 1. The summed E-state index contributed by atoms with van der Waals surface area (Å²) >= 11 is 2.77. The smallest absolute Gasteiger partial charge is 0.341 e. The number of esters is 1. The van der Waals surface area contributed by atoms with Crippen LogP contribution in [0.25, 0.3) is 0 Å². The van der Waals surface area contributed by atoms with E-state index >= 15 is 0 Å². The zero-order chi connectivity index (χ0) is 27.1. The lowest BCUT2D eigenvalue weighted by Crippen LogP contribution is -2.17. The number of benzene rings is 1. The van der Waals surface area contributed by atoms with Crippen LogP contribution in [0, 0.1) is 0 Å².